The number of nitrogens with one attached hydrogen (secondary N) is 3. The van der Waals surface area contributed by atoms with E-state index in [0.29, 0.717) is 24.2 Å². The SMILES string of the molecule is CCCNC(=O)c1cccc(NC(=S)NC(=O)CC(C)C)c1. The molecule has 1 rings (SSSR count). The van der Waals surface area contributed by atoms with Crippen LogP contribution >= 0.6 is 12.2 Å². The predicted octanol–water partition coefficient (Wildman–Crippen LogP) is 2.69. The number of benzene rings is 1. The molecule has 0 radical (unpaired) electrons. The minimum Gasteiger partial charge on any atom is -0.352 e. The van der Waals surface area contributed by atoms with Crippen LogP contribution in [0.5, 0.6) is 0 Å². The average molecular weight is 321 g/mol. The fourth-order valence-corrected chi connectivity index (χ4v) is 2.02. The van der Waals surface area contributed by atoms with E-state index in [2.05, 4.69) is 16.0 Å². The molecule has 6 heteroatoms. The molecule has 1 aromatic carbocycles. The standard InChI is InChI=1S/C16H23N3O2S/c1-4-8-17-15(21)12-6-5-7-13(10-12)18-16(22)19-14(20)9-11(2)3/h5-7,10-11H,4,8-9H2,1-3H3,(H,17,21)(H2,18,19,20,22). The smallest absolute Gasteiger partial charge is 0.251 e. The minimum absolute atomic E-state index is 0.121. The Kier molecular flexibility index (Phi) is 7.52. The van der Waals surface area contributed by atoms with Crippen LogP contribution in [-0.4, -0.2) is 23.5 Å². The van der Waals surface area contributed by atoms with Gasteiger partial charge in [-0.1, -0.05) is 26.8 Å². The Hall–Kier alpha value is -1.95. The summed E-state index contributed by atoms with van der Waals surface area (Å²) >= 11 is 5.10. The zero-order chi connectivity index (χ0) is 16.5. The lowest BCUT2D eigenvalue weighted by atomic mass is 10.1. The molecule has 2 amide bonds. The number of amides is 2. The molecule has 3 N–H and O–H groups in total. The molecule has 0 spiro atoms. The van der Waals surface area contributed by atoms with Crippen LogP contribution in [0.15, 0.2) is 24.3 Å². The molecule has 0 aliphatic carbocycles. The largest absolute Gasteiger partial charge is 0.352 e. The van der Waals surface area contributed by atoms with E-state index in [0.717, 1.165) is 6.42 Å². The lowest BCUT2D eigenvalue weighted by molar-refractivity contribution is -0.120. The van der Waals surface area contributed by atoms with Crippen LogP contribution in [0.3, 0.4) is 0 Å². The molecule has 1 aromatic rings. The summed E-state index contributed by atoms with van der Waals surface area (Å²) in [5.74, 6) is 0.0259. The van der Waals surface area contributed by atoms with Gasteiger partial charge in [0.25, 0.3) is 5.91 Å². The van der Waals surface area contributed by atoms with Crippen molar-refractivity contribution in [3.8, 4) is 0 Å². The van der Waals surface area contributed by atoms with Crippen molar-refractivity contribution < 1.29 is 9.59 Å². The zero-order valence-electron chi connectivity index (χ0n) is 13.2. The molecule has 0 aliphatic rings. The van der Waals surface area contributed by atoms with Gasteiger partial charge < -0.3 is 16.0 Å². The first-order valence-electron chi connectivity index (χ1n) is 7.41. The van der Waals surface area contributed by atoms with Gasteiger partial charge in [-0.15, -0.1) is 0 Å². The van der Waals surface area contributed by atoms with Crippen molar-refractivity contribution in [2.45, 2.75) is 33.6 Å². The maximum atomic E-state index is 11.9. The second-order valence-corrected chi connectivity index (χ2v) is 5.85. The van der Waals surface area contributed by atoms with Gasteiger partial charge in [-0.25, -0.2) is 0 Å². The number of thiocarbonyl (C=S) groups is 1. The first-order valence-corrected chi connectivity index (χ1v) is 7.82. The summed E-state index contributed by atoms with van der Waals surface area (Å²) in [6, 6.07) is 6.99. The maximum absolute atomic E-state index is 11.9. The van der Waals surface area contributed by atoms with E-state index in [1.807, 2.05) is 20.8 Å². The van der Waals surface area contributed by atoms with Crippen LogP contribution in [0.25, 0.3) is 0 Å². The Labute approximate surface area is 136 Å². The molecule has 0 saturated heterocycles. The van der Waals surface area contributed by atoms with Gasteiger partial charge in [-0.3, -0.25) is 9.59 Å². The highest BCUT2D eigenvalue weighted by atomic mass is 32.1. The van der Waals surface area contributed by atoms with Crippen LogP contribution in [0.1, 0.15) is 44.0 Å². The van der Waals surface area contributed by atoms with E-state index in [1.165, 1.54) is 0 Å². The van der Waals surface area contributed by atoms with Gasteiger partial charge in [0.15, 0.2) is 5.11 Å². The van der Waals surface area contributed by atoms with E-state index in [1.54, 1.807) is 24.3 Å². The summed E-state index contributed by atoms with van der Waals surface area (Å²) in [5.41, 5.74) is 1.22. The van der Waals surface area contributed by atoms with Crippen molar-refractivity contribution in [2.24, 2.45) is 5.92 Å². The monoisotopic (exact) mass is 321 g/mol. The average Bonchev–Trinajstić information content (AvgIpc) is 2.43. The Morgan fingerprint density at radius 1 is 1.27 bits per heavy atom. The summed E-state index contributed by atoms with van der Waals surface area (Å²) in [7, 11) is 0. The molecule has 0 aromatic heterocycles. The molecule has 0 fully saturated rings. The zero-order valence-corrected chi connectivity index (χ0v) is 14.0. The molecule has 0 atom stereocenters. The van der Waals surface area contributed by atoms with E-state index in [4.69, 9.17) is 12.2 Å². The van der Waals surface area contributed by atoms with Crippen molar-refractivity contribution >= 4 is 34.8 Å². The van der Waals surface area contributed by atoms with Crippen molar-refractivity contribution in [1.29, 1.82) is 0 Å². The highest BCUT2D eigenvalue weighted by molar-refractivity contribution is 7.80. The Balaban J connectivity index is 2.60. The second kappa shape index (κ2) is 9.15. The van der Waals surface area contributed by atoms with E-state index in [9.17, 15) is 9.59 Å². The van der Waals surface area contributed by atoms with Crippen LogP contribution in [0.4, 0.5) is 5.69 Å². The first kappa shape index (κ1) is 18.1. The Morgan fingerprint density at radius 3 is 2.64 bits per heavy atom. The van der Waals surface area contributed by atoms with Crippen molar-refractivity contribution in [3.05, 3.63) is 29.8 Å². The maximum Gasteiger partial charge on any atom is 0.251 e. The quantitative estimate of drug-likeness (QED) is 0.705. The number of carbonyl (C=O) groups is 2. The normalized spacial score (nSPS) is 10.2. The van der Waals surface area contributed by atoms with Crippen molar-refractivity contribution in [3.63, 3.8) is 0 Å². The molecule has 0 aliphatic heterocycles. The van der Waals surface area contributed by atoms with Gasteiger partial charge in [-0.05, 0) is 42.8 Å². The molecule has 0 unspecified atom stereocenters. The highest BCUT2D eigenvalue weighted by Gasteiger charge is 2.09. The number of carbonyl (C=O) groups excluding carboxylic acids is 2. The Morgan fingerprint density at radius 2 is 2.00 bits per heavy atom. The van der Waals surface area contributed by atoms with E-state index in [-0.39, 0.29) is 22.8 Å². The van der Waals surface area contributed by atoms with Crippen LogP contribution in [-0.2, 0) is 4.79 Å². The van der Waals surface area contributed by atoms with Crippen LogP contribution < -0.4 is 16.0 Å². The number of anilines is 1. The molecular weight excluding hydrogens is 298 g/mol. The van der Waals surface area contributed by atoms with Gasteiger partial charge in [0.05, 0.1) is 0 Å². The lowest BCUT2D eigenvalue weighted by Gasteiger charge is -2.11. The highest BCUT2D eigenvalue weighted by Crippen LogP contribution is 2.10. The molecule has 0 saturated carbocycles. The predicted molar refractivity (Wildman–Crippen MR) is 92.9 cm³/mol. The van der Waals surface area contributed by atoms with Gasteiger partial charge in [0, 0.05) is 24.2 Å². The third-order valence-corrected chi connectivity index (χ3v) is 2.97. The molecule has 0 bridgehead atoms. The summed E-state index contributed by atoms with van der Waals surface area (Å²) in [6.07, 6.45) is 1.30. The summed E-state index contributed by atoms with van der Waals surface area (Å²) in [4.78, 5) is 23.5. The number of hydrogen-bond acceptors (Lipinski definition) is 3. The molecule has 22 heavy (non-hydrogen) atoms. The van der Waals surface area contributed by atoms with Gasteiger partial charge in [0.2, 0.25) is 5.91 Å². The molecular formula is C16H23N3O2S. The van der Waals surface area contributed by atoms with Crippen molar-refractivity contribution in [2.75, 3.05) is 11.9 Å². The summed E-state index contributed by atoms with van der Waals surface area (Å²) < 4.78 is 0. The fraction of sp³-hybridized carbons (Fsp3) is 0.438. The van der Waals surface area contributed by atoms with Gasteiger partial charge in [0.1, 0.15) is 0 Å². The summed E-state index contributed by atoms with van der Waals surface area (Å²) in [6.45, 7) is 6.57. The van der Waals surface area contributed by atoms with E-state index >= 15 is 0 Å². The van der Waals surface area contributed by atoms with Crippen molar-refractivity contribution in [1.82, 2.24) is 10.6 Å². The third-order valence-electron chi connectivity index (χ3n) is 2.76. The molecule has 0 heterocycles. The first-order chi connectivity index (χ1) is 10.4. The van der Waals surface area contributed by atoms with Gasteiger partial charge in [-0.2, -0.15) is 0 Å². The molecule has 120 valence electrons. The lowest BCUT2D eigenvalue weighted by Crippen LogP contribution is -2.34. The van der Waals surface area contributed by atoms with Gasteiger partial charge >= 0.3 is 0 Å². The number of hydrogen-bond donors (Lipinski definition) is 3. The minimum atomic E-state index is -0.125. The van der Waals surface area contributed by atoms with Crippen LogP contribution in [0.2, 0.25) is 0 Å². The number of rotatable bonds is 6. The third kappa shape index (κ3) is 6.67. The second-order valence-electron chi connectivity index (χ2n) is 5.44. The van der Waals surface area contributed by atoms with Crippen LogP contribution in [0, 0.1) is 5.92 Å². The Bertz CT molecular complexity index is 544. The van der Waals surface area contributed by atoms with E-state index < -0.39 is 0 Å². The summed E-state index contributed by atoms with van der Waals surface area (Å²) in [5, 5.41) is 8.59. The topological polar surface area (TPSA) is 70.2 Å². The fourth-order valence-electron chi connectivity index (χ4n) is 1.79. The molecule has 5 nitrogen and oxygen atoms in total.